The minimum absolute atomic E-state index is 0.158. The molecule has 1 saturated heterocycles. The number of aliphatic hydroxyl groups excluding tert-OH is 2. The maximum absolute atomic E-state index is 13.7. The zero-order valence-corrected chi connectivity index (χ0v) is 27.1. The number of halogens is 2. The summed E-state index contributed by atoms with van der Waals surface area (Å²) in [5.74, 6) is -3.63. The van der Waals surface area contributed by atoms with E-state index in [4.69, 9.17) is 4.74 Å². The van der Waals surface area contributed by atoms with Crippen molar-refractivity contribution < 1.29 is 48.0 Å². The first kappa shape index (κ1) is 36.0. The van der Waals surface area contributed by atoms with E-state index in [0.29, 0.717) is 28.1 Å². The van der Waals surface area contributed by atoms with Crippen molar-refractivity contribution in [1.29, 1.82) is 0 Å². The fourth-order valence-electron chi connectivity index (χ4n) is 5.31. The van der Waals surface area contributed by atoms with E-state index in [1.54, 1.807) is 54.6 Å². The number of carbonyl (C=O) groups is 4. The van der Waals surface area contributed by atoms with Gasteiger partial charge in [-0.1, -0.05) is 54.6 Å². The van der Waals surface area contributed by atoms with Crippen LogP contribution in [0.4, 0.5) is 14.5 Å². The molecule has 5 atom stereocenters. The first-order chi connectivity index (χ1) is 24.0. The van der Waals surface area contributed by atoms with Crippen LogP contribution in [0.2, 0.25) is 0 Å². The lowest BCUT2D eigenvalue weighted by Crippen LogP contribution is -2.57. The van der Waals surface area contributed by atoms with Gasteiger partial charge in [0.1, 0.15) is 34.7 Å². The standard InChI is InChI=1S/C36H33F2N3O8S/c37-24-10-6-21(7-11-24)29(43)20-50-33-32(41(35(33)46)26-14-12-25(38)13-15-26)23-8-16-27(17-9-23)49-19-30(44)40-31(22-4-2-1-3-5-22)34(45)39-28(18-42)36(47)48/h1-17,28-29,31-33,42-43H,18-20H2,(H,39,45)(H,40,44)(H,47,48)/t28-,29?,31-,32-,33-/m1/s1. The van der Waals surface area contributed by atoms with Crippen LogP contribution in [0.1, 0.15) is 34.9 Å². The molecule has 4 aromatic carbocycles. The van der Waals surface area contributed by atoms with Crippen LogP contribution >= 0.6 is 11.8 Å². The summed E-state index contributed by atoms with van der Waals surface area (Å²) in [7, 11) is 0. The van der Waals surface area contributed by atoms with Crippen molar-refractivity contribution in [2.45, 2.75) is 29.5 Å². The van der Waals surface area contributed by atoms with Crippen molar-refractivity contribution in [2.75, 3.05) is 23.9 Å². The molecule has 3 amide bonds. The number of nitrogens with one attached hydrogen (secondary N) is 2. The molecule has 5 N–H and O–H groups in total. The number of thioether (sulfide) groups is 1. The summed E-state index contributed by atoms with van der Waals surface area (Å²) in [5.41, 5.74) is 2.08. The van der Waals surface area contributed by atoms with E-state index in [-0.39, 0.29) is 11.7 Å². The fraction of sp³-hybridized carbons (Fsp3) is 0.222. The fourth-order valence-corrected chi connectivity index (χ4v) is 6.61. The zero-order chi connectivity index (χ0) is 35.8. The number of nitrogens with zero attached hydrogens (tertiary/aromatic N) is 1. The largest absolute Gasteiger partial charge is 0.484 e. The van der Waals surface area contributed by atoms with Crippen molar-refractivity contribution in [3.05, 3.63) is 131 Å². The Morgan fingerprint density at radius 1 is 0.840 bits per heavy atom. The van der Waals surface area contributed by atoms with Gasteiger partial charge in [0.15, 0.2) is 6.61 Å². The van der Waals surface area contributed by atoms with Gasteiger partial charge >= 0.3 is 5.97 Å². The molecular formula is C36H33F2N3O8S. The molecule has 1 fully saturated rings. The Balaban J connectivity index is 1.26. The van der Waals surface area contributed by atoms with E-state index in [1.165, 1.54) is 65.2 Å². The predicted molar refractivity (Wildman–Crippen MR) is 180 cm³/mol. The average Bonchev–Trinajstić information content (AvgIpc) is 3.12. The van der Waals surface area contributed by atoms with Crippen LogP contribution in [-0.2, 0) is 19.2 Å². The number of rotatable bonds is 15. The van der Waals surface area contributed by atoms with Crippen LogP contribution in [0.3, 0.4) is 0 Å². The molecule has 0 saturated carbocycles. The molecule has 50 heavy (non-hydrogen) atoms. The van der Waals surface area contributed by atoms with Crippen molar-refractivity contribution in [3.8, 4) is 5.75 Å². The third-order valence-corrected chi connectivity index (χ3v) is 9.25. The number of aliphatic carboxylic acids is 1. The molecule has 0 aromatic heterocycles. The van der Waals surface area contributed by atoms with Crippen molar-refractivity contribution in [2.24, 2.45) is 0 Å². The second-order valence-electron chi connectivity index (χ2n) is 11.3. The number of aliphatic hydroxyl groups is 2. The van der Waals surface area contributed by atoms with Gasteiger partial charge in [-0.3, -0.25) is 14.4 Å². The quantitative estimate of drug-likeness (QED) is 0.116. The van der Waals surface area contributed by atoms with Gasteiger partial charge in [-0.25, -0.2) is 13.6 Å². The lowest BCUT2D eigenvalue weighted by molar-refractivity contribution is -0.143. The summed E-state index contributed by atoms with van der Waals surface area (Å²) < 4.78 is 32.7. The van der Waals surface area contributed by atoms with Gasteiger partial charge < -0.3 is 35.6 Å². The normalized spacial score (nSPS) is 17.2. The number of benzene rings is 4. The van der Waals surface area contributed by atoms with Crippen LogP contribution in [0, 0.1) is 11.6 Å². The third kappa shape index (κ3) is 8.64. The summed E-state index contributed by atoms with van der Waals surface area (Å²) in [4.78, 5) is 52.0. The molecule has 1 aliphatic heterocycles. The predicted octanol–water partition coefficient (Wildman–Crippen LogP) is 3.69. The lowest BCUT2D eigenvalue weighted by atomic mass is 9.92. The van der Waals surface area contributed by atoms with E-state index in [0.717, 1.165) is 0 Å². The van der Waals surface area contributed by atoms with E-state index >= 15 is 0 Å². The number of ether oxygens (including phenoxy) is 1. The van der Waals surface area contributed by atoms with Gasteiger partial charge in [0.25, 0.3) is 5.91 Å². The molecule has 0 aliphatic carbocycles. The minimum Gasteiger partial charge on any atom is -0.484 e. The summed E-state index contributed by atoms with van der Waals surface area (Å²) in [5, 5.41) is 33.3. The molecular weight excluding hydrogens is 672 g/mol. The third-order valence-electron chi connectivity index (χ3n) is 7.93. The molecule has 1 aliphatic rings. The number of amides is 3. The van der Waals surface area contributed by atoms with Crippen molar-refractivity contribution in [1.82, 2.24) is 10.6 Å². The Bertz CT molecular complexity index is 1800. The van der Waals surface area contributed by atoms with E-state index in [2.05, 4.69) is 10.6 Å². The first-order valence-corrected chi connectivity index (χ1v) is 16.5. The molecule has 260 valence electrons. The summed E-state index contributed by atoms with van der Waals surface area (Å²) >= 11 is 1.24. The van der Waals surface area contributed by atoms with Gasteiger partial charge in [0, 0.05) is 11.4 Å². The van der Waals surface area contributed by atoms with E-state index < -0.39 is 72.1 Å². The number of hydrogen-bond donors (Lipinski definition) is 5. The lowest BCUT2D eigenvalue weighted by Gasteiger charge is -2.47. The van der Waals surface area contributed by atoms with Gasteiger partial charge in [-0.15, -0.1) is 11.8 Å². The highest BCUT2D eigenvalue weighted by molar-refractivity contribution is 8.00. The number of β-lactam (4-membered cyclic amide) rings is 1. The SMILES string of the molecule is O=C(COc1ccc([C@@H]2[C@@H](SCC(O)c3ccc(F)cc3)C(=O)N2c2ccc(F)cc2)cc1)N[C@@H](C(=O)N[C@H](CO)C(=O)O)c1ccccc1. The molecule has 11 nitrogen and oxygen atoms in total. The maximum Gasteiger partial charge on any atom is 0.328 e. The van der Waals surface area contributed by atoms with Gasteiger partial charge in [-0.05, 0) is 65.2 Å². The van der Waals surface area contributed by atoms with Crippen LogP contribution in [0.5, 0.6) is 5.75 Å². The van der Waals surface area contributed by atoms with Crippen LogP contribution in [-0.4, -0.2) is 69.3 Å². The second kappa shape index (κ2) is 16.4. The maximum atomic E-state index is 13.7. The Morgan fingerprint density at radius 3 is 2.06 bits per heavy atom. The van der Waals surface area contributed by atoms with Crippen LogP contribution in [0.25, 0.3) is 0 Å². The molecule has 0 radical (unpaired) electrons. The highest BCUT2D eigenvalue weighted by Crippen LogP contribution is 2.46. The number of hydrogen-bond acceptors (Lipinski definition) is 8. The number of carboxylic acids is 1. The molecule has 1 heterocycles. The van der Waals surface area contributed by atoms with E-state index in [1.807, 2.05) is 0 Å². The highest BCUT2D eigenvalue weighted by Gasteiger charge is 2.49. The topological polar surface area (TPSA) is 165 Å². The Kier molecular flexibility index (Phi) is 11.8. The zero-order valence-electron chi connectivity index (χ0n) is 26.3. The molecule has 0 spiro atoms. The van der Waals surface area contributed by atoms with Gasteiger partial charge in [0.05, 0.1) is 18.8 Å². The van der Waals surface area contributed by atoms with E-state index in [9.17, 15) is 43.3 Å². The van der Waals surface area contributed by atoms with Crippen molar-refractivity contribution >= 4 is 41.1 Å². The van der Waals surface area contributed by atoms with Crippen LogP contribution < -0.4 is 20.3 Å². The average molecular weight is 706 g/mol. The Labute approximate surface area is 289 Å². The summed E-state index contributed by atoms with van der Waals surface area (Å²) in [6, 6.07) is 22.4. The van der Waals surface area contributed by atoms with Gasteiger partial charge in [0.2, 0.25) is 11.8 Å². The Hall–Kier alpha value is -5.31. The van der Waals surface area contributed by atoms with Crippen LogP contribution in [0.15, 0.2) is 103 Å². The molecule has 0 bridgehead atoms. The first-order valence-electron chi connectivity index (χ1n) is 15.4. The number of carbonyl (C=O) groups excluding carboxylic acids is 3. The smallest absolute Gasteiger partial charge is 0.328 e. The molecule has 1 unspecified atom stereocenters. The van der Waals surface area contributed by atoms with Gasteiger partial charge in [-0.2, -0.15) is 0 Å². The number of carboxylic acid groups (broad SMARTS) is 1. The minimum atomic E-state index is -1.57. The number of anilines is 1. The Morgan fingerprint density at radius 2 is 1.46 bits per heavy atom. The molecule has 5 rings (SSSR count). The summed E-state index contributed by atoms with van der Waals surface area (Å²) in [6.07, 6.45) is -0.948. The molecule has 14 heteroatoms. The monoisotopic (exact) mass is 705 g/mol. The second-order valence-corrected chi connectivity index (χ2v) is 12.5. The van der Waals surface area contributed by atoms with Crippen molar-refractivity contribution in [3.63, 3.8) is 0 Å². The summed E-state index contributed by atoms with van der Waals surface area (Å²) in [6.45, 7) is -1.34. The molecule has 4 aromatic rings. The highest BCUT2D eigenvalue weighted by atomic mass is 32.2.